The molecule has 1 aliphatic heterocycles. The maximum Gasteiger partial charge on any atom is 0.387 e. The van der Waals surface area contributed by atoms with Gasteiger partial charge in [0.2, 0.25) is 0 Å². The Morgan fingerprint density at radius 2 is 1.94 bits per heavy atom. The van der Waals surface area contributed by atoms with Gasteiger partial charge in [0.15, 0.2) is 0 Å². The molecule has 1 heterocycles. The van der Waals surface area contributed by atoms with Gasteiger partial charge in [-0.25, -0.2) is 0 Å². The van der Waals surface area contributed by atoms with Crippen molar-refractivity contribution in [1.29, 1.82) is 0 Å². The number of halogens is 3. The lowest BCUT2D eigenvalue weighted by molar-refractivity contribution is -0.0498. The molecule has 1 saturated heterocycles. The highest BCUT2D eigenvalue weighted by Crippen LogP contribution is 2.32. The van der Waals surface area contributed by atoms with Gasteiger partial charge in [0, 0.05) is 17.6 Å². The van der Waals surface area contributed by atoms with Crippen molar-refractivity contribution in [2.75, 3.05) is 18.0 Å². The summed E-state index contributed by atoms with van der Waals surface area (Å²) < 4.78 is 29.1. The number of rotatable bonds is 3. The molecule has 0 saturated carbocycles. The lowest BCUT2D eigenvalue weighted by Crippen LogP contribution is -2.18. The summed E-state index contributed by atoms with van der Waals surface area (Å²) in [7, 11) is 0. The summed E-state index contributed by atoms with van der Waals surface area (Å²) in [5.74, 6) is 0.185. The molecule has 5 heteroatoms. The molecular formula is C11H12BrF2NO. The Labute approximate surface area is 101 Å². The van der Waals surface area contributed by atoms with Crippen LogP contribution in [0.15, 0.2) is 22.7 Å². The molecule has 2 nitrogen and oxygen atoms in total. The first kappa shape index (κ1) is 11.6. The van der Waals surface area contributed by atoms with Gasteiger partial charge in [-0.05, 0) is 47.0 Å². The van der Waals surface area contributed by atoms with Crippen LogP contribution in [0.4, 0.5) is 14.5 Å². The van der Waals surface area contributed by atoms with Crippen molar-refractivity contribution < 1.29 is 13.5 Å². The molecule has 0 spiro atoms. The molecule has 0 amide bonds. The fourth-order valence-electron chi connectivity index (χ4n) is 1.88. The van der Waals surface area contributed by atoms with Crippen LogP contribution >= 0.6 is 15.9 Å². The molecule has 2 rings (SSSR count). The molecule has 0 aromatic heterocycles. The first-order valence-electron chi connectivity index (χ1n) is 5.16. The van der Waals surface area contributed by atoms with E-state index in [1.54, 1.807) is 12.1 Å². The number of alkyl halides is 2. The lowest BCUT2D eigenvalue weighted by Gasteiger charge is -2.19. The fourth-order valence-corrected chi connectivity index (χ4v) is 2.49. The predicted octanol–water partition coefficient (Wildman–Crippen LogP) is 3.65. The molecule has 0 atom stereocenters. The number of ether oxygens (including phenoxy) is 1. The number of benzene rings is 1. The quantitative estimate of drug-likeness (QED) is 0.843. The van der Waals surface area contributed by atoms with E-state index in [0.717, 1.165) is 23.2 Å². The zero-order valence-electron chi connectivity index (χ0n) is 8.63. The largest absolute Gasteiger partial charge is 0.435 e. The third kappa shape index (κ3) is 2.64. The van der Waals surface area contributed by atoms with Crippen molar-refractivity contribution >= 4 is 21.6 Å². The molecule has 0 radical (unpaired) electrons. The second-order valence-corrected chi connectivity index (χ2v) is 4.54. The van der Waals surface area contributed by atoms with E-state index < -0.39 is 6.61 Å². The summed E-state index contributed by atoms with van der Waals surface area (Å²) in [6, 6.07) is 4.97. The van der Waals surface area contributed by atoms with E-state index in [4.69, 9.17) is 0 Å². The zero-order chi connectivity index (χ0) is 11.5. The van der Waals surface area contributed by atoms with Crippen molar-refractivity contribution in [2.24, 2.45) is 0 Å². The topological polar surface area (TPSA) is 12.5 Å². The summed E-state index contributed by atoms with van der Waals surface area (Å²) >= 11 is 3.38. The highest BCUT2D eigenvalue weighted by molar-refractivity contribution is 9.10. The van der Waals surface area contributed by atoms with Crippen molar-refractivity contribution in [1.82, 2.24) is 0 Å². The standard InChI is InChI=1S/C11H12BrF2NO/c12-9-7-8(16-11(13)14)3-4-10(9)15-5-1-2-6-15/h3-4,7,11H,1-2,5-6H2. The summed E-state index contributed by atoms with van der Waals surface area (Å²) in [6.07, 6.45) is 2.36. The highest BCUT2D eigenvalue weighted by Gasteiger charge is 2.15. The smallest absolute Gasteiger partial charge is 0.387 e. The van der Waals surface area contributed by atoms with E-state index in [2.05, 4.69) is 25.6 Å². The van der Waals surface area contributed by atoms with E-state index in [1.165, 1.54) is 12.8 Å². The Balaban J connectivity index is 2.15. The van der Waals surface area contributed by atoms with Crippen LogP contribution in [0.2, 0.25) is 0 Å². The third-order valence-electron chi connectivity index (χ3n) is 2.59. The zero-order valence-corrected chi connectivity index (χ0v) is 10.2. The lowest BCUT2D eigenvalue weighted by atomic mass is 10.3. The van der Waals surface area contributed by atoms with E-state index in [9.17, 15) is 8.78 Å². The summed E-state index contributed by atoms with van der Waals surface area (Å²) in [5.41, 5.74) is 1.04. The minimum absolute atomic E-state index is 0.185. The van der Waals surface area contributed by atoms with E-state index >= 15 is 0 Å². The van der Waals surface area contributed by atoms with Crippen LogP contribution in [0.25, 0.3) is 0 Å². The summed E-state index contributed by atoms with van der Waals surface area (Å²) in [4.78, 5) is 2.23. The van der Waals surface area contributed by atoms with Crippen LogP contribution in [0.1, 0.15) is 12.8 Å². The molecule has 88 valence electrons. The van der Waals surface area contributed by atoms with Crippen molar-refractivity contribution in [3.05, 3.63) is 22.7 Å². The van der Waals surface area contributed by atoms with Crippen molar-refractivity contribution in [2.45, 2.75) is 19.5 Å². The molecule has 0 bridgehead atoms. The maximum absolute atomic E-state index is 12.0. The fraction of sp³-hybridized carbons (Fsp3) is 0.455. The molecular weight excluding hydrogens is 280 g/mol. The minimum Gasteiger partial charge on any atom is -0.435 e. The first-order chi connectivity index (χ1) is 7.66. The Bertz CT molecular complexity index is 367. The molecule has 1 fully saturated rings. The Morgan fingerprint density at radius 3 is 2.50 bits per heavy atom. The Hall–Kier alpha value is -0.840. The van der Waals surface area contributed by atoms with Gasteiger partial charge >= 0.3 is 6.61 Å². The van der Waals surface area contributed by atoms with Crippen LogP contribution in [0.3, 0.4) is 0 Å². The number of hydrogen-bond acceptors (Lipinski definition) is 2. The van der Waals surface area contributed by atoms with Gasteiger partial charge in [0.25, 0.3) is 0 Å². The second-order valence-electron chi connectivity index (χ2n) is 3.69. The number of nitrogens with zero attached hydrogens (tertiary/aromatic N) is 1. The summed E-state index contributed by atoms with van der Waals surface area (Å²) in [6.45, 7) is -0.731. The maximum atomic E-state index is 12.0. The van der Waals surface area contributed by atoms with Gasteiger partial charge < -0.3 is 9.64 Å². The SMILES string of the molecule is FC(F)Oc1ccc(N2CCCC2)c(Br)c1. The average Bonchev–Trinajstić information content (AvgIpc) is 2.69. The van der Waals surface area contributed by atoms with Crippen LogP contribution in [0, 0.1) is 0 Å². The van der Waals surface area contributed by atoms with E-state index in [1.807, 2.05) is 6.07 Å². The predicted molar refractivity (Wildman–Crippen MR) is 62.2 cm³/mol. The first-order valence-corrected chi connectivity index (χ1v) is 5.95. The number of anilines is 1. The van der Waals surface area contributed by atoms with Crippen LogP contribution in [0.5, 0.6) is 5.75 Å². The van der Waals surface area contributed by atoms with Crippen molar-refractivity contribution in [3.63, 3.8) is 0 Å². The molecule has 1 aromatic carbocycles. The molecule has 0 N–H and O–H groups in total. The van der Waals surface area contributed by atoms with Gasteiger partial charge in [0.05, 0.1) is 5.69 Å². The molecule has 0 unspecified atom stereocenters. The van der Waals surface area contributed by atoms with Crippen LogP contribution in [-0.4, -0.2) is 19.7 Å². The molecule has 0 aliphatic carbocycles. The van der Waals surface area contributed by atoms with Crippen molar-refractivity contribution in [3.8, 4) is 5.75 Å². The average molecular weight is 292 g/mol. The molecule has 1 aromatic rings. The van der Waals surface area contributed by atoms with Crippen LogP contribution < -0.4 is 9.64 Å². The summed E-state index contributed by atoms with van der Waals surface area (Å²) in [5, 5.41) is 0. The minimum atomic E-state index is -2.77. The monoisotopic (exact) mass is 291 g/mol. The van der Waals surface area contributed by atoms with Gasteiger partial charge in [-0.2, -0.15) is 8.78 Å². The second kappa shape index (κ2) is 4.99. The molecule has 1 aliphatic rings. The third-order valence-corrected chi connectivity index (χ3v) is 3.23. The normalized spacial score (nSPS) is 15.9. The van der Waals surface area contributed by atoms with Gasteiger partial charge in [-0.1, -0.05) is 0 Å². The Morgan fingerprint density at radius 1 is 1.25 bits per heavy atom. The Kier molecular flexibility index (Phi) is 3.63. The highest BCUT2D eigenvalue weighted by atomic mass is 79.9. The van der Waals surface area contributed by atoms with Crippen LogP contribution in [-0.2, 0) is 0 Å². The van der Waals surface area contributed by atoms with Gasteiger partial charge in [0.1, 0.15) is 5.75 Å². The van der Waals surface area contributed by atoms with E-state index in [0.29, 0.717) is 0 Å². The van der Waals surface area contributed by atoms with Gasteiger partial charge in [-0.3, -0.25) is 0 Å². The van der Waals surface area contributed by atoms with Gasteiger partial charge in [-0.15, -0.1) is 0 Å². The van der Waals surface area contributed by atoms with E-state index in [-0.39, 0.29) is 5.75 Å². The number of hydrogen-bond donors (Lipinski definition) is 0. The molecule has 16 heavy (non-hydrogen) atoms.